The third-order valence-electron chi connectivity index (χ3n) is 13.7. The topological polar surface area (TPSA) is 649 Å². The molecule has 4 aromatic carbocycles. The van der Waals surface area contributed by atoms with Gasteiger partial charge in [0.25, 0.3) is 20.4 Å². The Bertz CT molecular complexity index is 5720. The third-order valence-corrected chi connectivity index (χ3v) is 18.9. The van der Waals surface area contributed by atoms with Gasteiger partial charge < -0.3 is 10.2 Å². The van der Waals surface area contributed by atoms with Gasteiger partial charge in [-0.2, -0.15) is 25.3 Å². The molecule has 7 aromatic heterocycles. The van der Waals surface area contributed by atoms with Crippen LogP contribution in [0.2, 0.25) is 0 Å². The van der Waals surface area contributed by atoms with E-state index in [1.807, 2.05) is 5.48 Å². The number of nitrogens with two attached hydrogens (primary N) is 2. The second-order valence-corrected chi connectivity index (χ2v) is 34.0. The number of hydrogen-bond donors (Lipinski definition) is 9. The van der Waals surface area contributed by atoms with Gasteiger partial charge in [-0.3, -0.25) is 24.3 Å². The minimum atomic E-state index is -4.05. The molecule has 0 aliphatic carbocycles. The van der Waals surface area contributed by atoms with E-state index in [2.05, 4.69) is 154 Å². The molecule has 61 heteroatoms. The zero-order chi connectivity index (χ0) is 84.8. The van der Waals surface area contributed by atoms with Crippen LogP contribution in [-0.2, 0) is 70.1 Å². The van der Waals surface area contributed by atoms with Gasteiger partial charge in [-0.25, -0.2) is 116 Å². The van der Waals surface area contributed by atoms with Crippen LogP contribution >= 0.6 is 98.6 Å². The molecule has 7 heterocycles. The normalized spacial score (nSPS) is 11.4. The Balaban J connectivity index is 0.000000512. The van der Waals surface area contributed by atoms with Crippen molar-refractivity contribution in [3.63, 3.8) is 0 Å². The van der Waals surface area contributed by atoms with E-state index < -0.39 is 91.9 Å². The van der Waals surface area contributed by atoms with Gasteiger partial charge in [0.1, 0.15) is 51.6 Å². The van der Waals surface area contributed by atoms with E-state index in [9.17, 15) is 75.6 Å². The molecule has 11 aromatic rings. The summed E-state index contributed by atoms with van der Waals surface area (Å²) in [5.41, 5.74) is 4.70. The molecule has 11 rings (SSSR count). The van der Waals surface area contributed by atoms with E-state index in [1.165, 1.54) is 77.5 Å². The number of carbonyl (C=O) groups is 1. The number of carbonyl (C=O) groups excluding carboxylic acids is 1. The van der Waals surface area contributed by atoms with Crippen LogP contribution < -0.4 is 86.3 Å². The number of rotatable bonds is 28. The molecule has 0 fully saturated rings. The number of benzene rings is 4. The average molecular weight is 2110 g/mol. The summed E-state index contributed by atoms with van der Waals surface area (Å²) in [7, 11) is -10.2. The molecule has 0 saturated heterocycles. The van der Waals surface area contributed by atoms with Crippen LogP contribution in [0.15, 0.2) is 142 Å². The molecule has 12 N–H and O–H groups in total. The number of aryl methyl sites for hydroxylation is 4. The number of ether oxygens (including phenoxy) is 1. The Morgan fingerprint density at radius 1 is 0.533 bits per heavy atom. The maximum atomic E-state index is 13.5. The van der Waals surface area contributed by atoms with Gasteiger partial charge in [0.15, 0.2) is 28.6 Å². The number of nitrogens with zero attached hydrogens (tertiary/aromatic N) is 15. The fraction of sp³-hybridized carbons (Fsp3) is 0.322. The maximum absolute atomic E-state index is 13.5. The summed E-state index contributed by atoms with van der Waals surface area (Å²) in [4.78, 5) is 53.5. The quantitative estimate of drug-likeness (QED) is 0.00477. The van der Waals surface area contributed by atoms with Crippen LogP contribution in [0.3, 0.4) is 0 Å². The summed E-state index contributed by atoms with van der Waals surface area (Å²) >= 11 is 17.6. The van der Waals surface area contributed by atoms with Crippen LogP contribution in [0.5, 0.6) is 0 Å². The van der Waals surface area contributed by atoms with Crippen LogP contribution in [0.1, 0.15) is 89.8 Å². The number of nitrogens with one attached hydrogen (secondary N) is 6. The molecule has 0 aliphatic rings. The van der Waals surface area contributed by atoms with Crippen LogP contribution in [0.4, 0.5) is 28.0 Å². The first kappa shape index (κ1) is 108. The molecule has 0 radical (unpaired) electrons. The summed E-state index contributed by atoms with van der Waals surface area (Å²) < 4.78 is 189. The van der Waals surface area contributed by atoms with Gasteiger partial charge in [0, 0.05) is 36.9 Å². The monoisotopic (exact) mass is 2100 g/mol. The summed E-state index contributed by atoms with van der Waals surface area (Å²) in [5, 5.41) is 60.1. The number of aromatic nitrogens is 14. The van der Waals surface area contributed by atoms with E-state index in [0.29, 0.717) is 84.9 Å². The van der Waals surface area contributed by atoms with Crippen molar-refractivity contribution in [2.45, 2.75) is 92.6 Å². The van der Waals surface area contributed by atoms with Crippen LogP contribution in [0.25, 0.3) is 51.6 Å². The molecule has 0 unspecified atom stereocenters. The molecule has 1 amide bonds. The van der Waals surface area contributed by atoms with Gasteiger partial charge in [0.05, 0.1) is 46.9 Å². The van der Waals surface area contributed by atoms with Gasteiger partial charge in [-0.1, -0.05) is 50.9 Å². The first-order valence-electron chi connectivity index (χ1n) is 31.7. The number of aliphatic imine (C=N–C) groups is 1. The molecule has 0 atom stereocenters. The fourth-order valence-electron chi connectivity index (χ4n) is 8.92. The minimum Gasteiger partial charge on any atom is -0.870 e. The molecular weight excluding hydrogens is 2040 g/mol. The Morgan fingerprint density at radius 3 is 1.18 bits per heavy atom. The summed E-state index contributed by atoms with van der Waals surface area (Å²) in [5.74, 6) is -4.15. The zero-order valence-corrected chi connectivity index (χ0v) is 74.6. The van der Waals surface area contributed by atoms with Crippen LogP contribution in [0, 0.1) is 23.3 Å². The van der Waals surface area contributed by atoms with Crippen molar-refractivity contribution in [3.05, 3.63) is 174 Å². The molecule has 0 spiro atoms. The summed E-state index contributed by atoms with van der Waals surface area (Å²) in [6, 6.07) is 16.0. The van der Waals surface area contributed by atoms with E-state index in [4.69, 9.17) is 60.2 Å². The first-order chi connectivity index (χ1) is 54.0. The number of amidine groups is 1. The number of hydroxylamine groups is 1. The molecule has 0 bridgehead atoms. The predicted octanol–water partition coefficient (Wildman–Crippen LogP) is 4.48. The van der Waals surface area contributed by atoms with E-state index in [-0.39, 0.29) is 164 Å². The Hall–Kier alpha value is -8.01. The number of amides is 1. The Labute approximate surface area is 748 Å². The van der Waals surface area contributed by atoms with Crippen molar-refractivity contribution in [2.24, 2.45) is 15.3 Å². The van der Waals surface area contributed by atoms with Gasteiger partial charge >= 0.3 is 62.2 Å². The second-order valence-electron chi connectivity index (χ2n) is 23.4. The predicted molar refractivity (Wildman–Crippen MR) is 428 cm³/mol. The van der Waals surface area contributed by atoms with Crippen molar-refractivity contribution in [2.75, 3.05) is 32.4 Å². The average Bonchev–Trinajstić information content (AvgIpc) is 1.64. The van der Waals surface area contributed by atoms with E-state index in [1.54, 1.807) is 20.8 Å². The second kappa shape index (κ2) is 49.3. The molecule has 0 saturated carbocycles. The van der Waals surface area contributed by atoms with Crippen molar-refractivity contribution < 1.29 is 133 Å². The van der Waals surface area contributed by atoms with E-state index in [0.717, 1.165) is 20.0 Å². The van der Waals surface area contributed by atoms with Crippen molar-refractivity contribution in [1.29, 1.82) is 0 Å². The third kappa shape index (κ3) is 34.0. The van der Waals surface area contributed by atoms with Crippen molar-refractivity contribution in [3.8, 4) is 51.6 Å². The largest absolute Gasteiger partial charge is 1.00 e. The standard InChI is InChI=1S/C14H13BrFN5O5S.C13H10BrClFN5O3.C13H12BrFN6O5S.C12H14BrFN6O4S.C5H10ClNO4S.2CH4.ClH.Na.H2O/c1-27(23,24)17-6-2-3-11-12(19-26-18-11)13-20-25-14(22)21(13)8-4-5-10(16)9(15)7-8;14-8-6-7(3-4-9(8)16)21-12(20-23-13(21)22)11-10(18-24-19-11)2-1-5-17-15;14-8-6-7(3-4-9(8)15)21-12(20-25-13(21)22)11-10(18-26-19-11)2-1-5-17-27(16,23)24;13-8-6-7(3-4-9(8)14)17-12(18-21)11-10(19-24-20-11)2-1-5-16-25(15,22)23;1-5(2,3)11-4(8)7-12(6,9)10;;;;;/h4-5,7,17H,2-3,6H2,1H3;3-4,6,17H,1-2,5H2;3-4,6,17H,1-2,5H2,(H2,16,23,24);3-4,6,16,21H,1-2,5H2,(H,17,18)(H2,15,22,23);1-3H3,(H,7,8);2*1H4;1H;;1H2/q;;;;;;;;+1;/p-1. The number of halogens is 11. The maximum Gasteiger partial charge on any atom is 1.00 e. The van der Waals surface area contributed by atoms with Crippen molar-refractivity contribution >= 4 is 156 Å². The Morgan fingerprint density at radius 2 is 0.858 bits per heavy atom. The molecule has 45 nitrogen and oxygen atoms in total. The zero-order valence-electron chi connectivity index (χ0n) is 60.7. The molecule has 0 aliphatic heterocycles. The molecule has 654 valence electrons. The Kier molecular flexibility index (Phi) is 44.4. The van der Waals surface area contributed by atoms with E-state index >= 15 is 0 Å². The molecular formula is C59H69Br4Cl3F4N23NaO22S4. The van der Waals surface area contributed by atoms with Gasteiger partial charge in [0.2, 0.25) is 27.5 Å². The number of hydrogen-bond acceptors (Lipinski definition) is 35. The smallest absolute Gasteiger partial charge is 0.870 e. The van der Waals surface area contributed by atoms with Gasteiger partial charge in [-0.15, -0.1) is 12.4 Å². The molecule has 120 heavy (non-hydrogen) atoms. The number of sulfonamides is 1. The van der Waals surface area contributed by atoms with Crippen molar-refractivity contribution in [1.82, 2.24) is 99.6 Å². The summed E-state index contributed by atoms with van der Waals surface area (Å²) in [6.45, 7) is 5.73. The van der Waals surface area contributed by atoms with Crippen LogP contribution in [-0.4, -0.2) is 165 Å². The SMILES string of the molecule is C.C.CC(C)(C)OC(=O)NS(=O)(=O)Cl.CS(=O)(=O)NCCCc1nonc1-c1noc(=O)n1-c1ccc(F)c(Br)c1.Cl.NS(=O)(=O)NCCCc1nonc1-c1noc(=O)n1-c1ccc(F)c(Br)c1.NS(=O)(=O)NCCCc1nonc1C(=Nc1ccc(F)c(Br)c1)NO.O=c1onc(-c2nonc2CCCNCl)n1-c1ccc(F)c(Br)c1.[Na+].[OH-]. The summed E-state index contributed by atoms with van der Waals surface area (Å²) in [6.07, 6.45) is 3.13. The fourth-order valence-corrected chi connectivity index (χ4v) is 12.3. The first-order valence-corrected chi connectivity index (χ1v) is 42.5. The van der Waals surface area contributed by atoms with Gasteiger partial charge in [-0.05, 0) is 241 Å². The minimum absolute atomic E-state index is 0.